The van der Waals surface area contributed by atoms with Crippen LogP contribution >= 0.6 is 0 Å². The lowest BCUT2D eigenvalue weighted by molar-refractivity contribution is -0.118. The highest BCUT2D eigenvalue weighted by Crippen LogP contribution is 2.41. The smallest absolute Gasteiger partial charge is 0.231 e. The molecule has 0 aromatic heterocycles. The SMILES string of the molecule is CC1(C)CN(CC(N)=O)C[C@H]1c1ccccc1. The van der Waals surface area contributed by atoms with Gasteiger partial charge >= 0.3 is 0 Å². The van der Waals surface area contributed by atoms with Crippen LogP contribution in [0.3, 0.4) is 0 Å². The van der Waals surface area contributed by atoms with Crippen molar-refractivity contribution in [2.24, 2.45) is 11.1 Å². The van der Waals surface area contributed by atoms with Gasteiger partial charge in [-0.15, -0.1) is 0 Å². The molecule has 1 amide bonds. The van der Waals surface area contributed by atoms with Crippen molar-refractivity contribution in [2.45, 2.75) is 19.8 Å². The molecular formula is C14H20N2O. The zero-order chi connectivity index (χ0) is 12.5. The van der Waals surface area contributed by atoms with E-state index in [9.17, 15) is 4.79 Å². The number of benzene rings is 1. The van der Waals surface area contributed by atoms with Crippen LogP contribution in [-0.2, 0) is 4.79 Å². The quantitative estimate of drug-likeness (QED) is 0.860. The Morgan fingerprint density at radius 3 is 2.65 bits per heavy atom. The van der Waals surface area contributed by atoms with Crippen molar-refractivity contribution < 1.29 is 4.79 Å². The number of carbonyl (C=O) groups excluding carboxylic acids is 1. The fourth-order valence-corrected chi connectivity index (χ4v) is 2.84. The summed E-state index contributed by atoms with van der Waals surface area (Å²) in [7, 11) is 0. The first-order valence-corrected chi connectivity index (χ1v) is 6.04. The van der Waals surface area contributed by atoms with Gasteiger partial charge in [0.15, 0.2) is 0 Å². The molecule has 0 spiro atoms. The van der Waals surface area contributed by atoms with Crippen LogP contribution in [0.1, 0.15) is 25.3 Å². The Bertz CT molecular complexity index is 400. The molecule has 1 aromatic rings. The second-order valence-corrected chi connectivity index (χ2v) is 5.59. The van der Waals surface area contributed by atoms with Gasteiger partial charge in [-0.1, -0.05) is 44.2 Å². The number of primary amides is 1. The Balaban J connectivity index is 2.16. The van der Waals surface area contributed by atoms with Crippen LogP contribution < -0.4 is 5.73 Å². The summed E-state index contributed by atoms with van der Waals surface area (Å²) in [4.78, 5) is 13.1. The number of carbonyl (C=O) groups is 1. The molecular weight excluding hydrogens is 212 g/mol. The summed E-state index contributed by atoms with van der Waals surface area (Å²) < 4.78 is 0. The fraction of sp³-hybridized carbons (Fsp3) is 0.500. The van der Waals surface area contributed by atoms with Gasteiger partial charge in [-0.2, -0.15) is 0 Å². The van der Waals surface area contributed by atoms with Gasteiger partial charge < -0.3 is 5.73 Å². The Hall–Kier alpha value is -1.35. The molecule has 2 N–H and O–H groups in total. The minimum atomic E-state index is -0.241. The van der Waals surface area contributed by atoms with Gasteiger partial charge in [-0.25, -0.2) is 0 Å². The molecule has 3 heteroatoms. The first-order chi connectivity index (χ1) is 7.99. The van der Waals surface area contributed by atoms with Crippen LogP contribution in [0.4, 0.5) is 0 Å². The maximum Gasteiger partial charge on any atom is 0.231 e. The number of nitrogens with two attached hydrogens (primary N) is 1. The van der Waals surface area contributed by atoms with Crippen molar-refractivity contribution >= 4 is 5.91 Å². The van der Waals surface area contributed by atoms with Gasteiger partial charge in [-0.05, 0) is 11.0 Å². The first-order valence-electron chi connectivity index (χ1n) is 6.04. The van der Waals surface area contributed by atoms with Gasteiger partial charge in [0, 0.05) is 19.0 Å². The molecule has 0 saturated carbocycles. The molecule has 3 nitrogen and oxygen atoms in total. The highest BCUT2D eigenvalue weighted by atomic mass is 16.1. The fourth-order valence-electron chi connectivity index (χ4n) is 2.84. The molecule has 1 fully saturated rings. The normalized spacial score (nSPS) is 23.8. The molecule has 0 bridgehead atoms. The highest BCUT2D eigenvalue weighted by Gasteiger charge is 2.40. The van der Waals surface area contributed by atoms with E-state index in [1.165, 1.54) is 5.56 Å². The number of nitrogens with zero attached hydrogens (tertiary/aromatic N) is 1. The molecule has 1 saturated heterocycles. The van der Waals surface area contributed by atoms with Gasteiger partial charge in [0.1, 0.15) is 0 Å². The van der Waals surface area contributed by atoms with E-state index in [0.717, 1.165) is 13.1 Å². The molecule has 1 aliphatic rings. The van der Waals surface area contributed by atoms with E-state index in [-0.39, 0.29) is 11.3 Å². The zero-order valence-electron chi connectivity index (χ0n) is 10.5. The van der Waals surface area contributed by atoms with E-state index >= 15 is 0 Å². The lowest BCUT2D eigenvalue weighted by Gasteiger charge is -2.26. The molecule has 0 radical (unpaired) electrons. The van der Waals surface area contributed by atoms with E-state index in [2.05, 4.69) is 43.0 Å². The second kappa shape index (κ2) is 4.49. The molecule has 0 aliphatic carbocycles. The lowest BCUT2D eigenvalue weighted by atomic mass is 9.78. The van der Waals surface area contributed by atoms with E-state index in [1.807, 2.05) is 6.07 Å². The summed E-state index contributed by atoms with van der Waals surface area (Å²) in [6.07, 6.45) is 0. The standard InChI is InChI=1S/C14H20N2O/c1-14(2)10-16(9-13(15)17)8-12(14)11-6-4-3-5-7-11/h3-7,12H,8-10H2,1-2H3,(H2,15,17)/t12-/m0/s1. The van der Waals surface area contributed by atoms with Gasteiger partial charge in [0.05, 0.1) is 6.54 Å². The Morgan fingerprint density at radius 1 is 1.41 bits per heavy atom. The minimum absolute atomic E-state index is 0.191. The summed E-state index contributed by atoms with van der Waals surface area (Å²) in [5.74, 6) is 0.234. The molecule has 1 aliphatic heterocycles. The summed E-state index contributed by atoms with van der Waals surface area (Å²) in [6, 6.07) is 10.5. The Kier molecular flexibility index (Phi) is 3.20. The average molecular weight is 232 g/mol. The number of amides is 1. The summed E-state index contributed by atoms with van der Waals surface area (Å²) in [5, 5.41) is 0. The Labute approximate surface area is 103 Å². The molecule has 1 aromatic carbocycles. The molecule has 17 heavy (non-hydrogen) atoms. The van der Waals surface area contributed by atoms with Crippen molar-refractivity contribution in [3.8, 4) is 0 Å². The van der Waals surface area contributed by atoms with Crippen LogP contribution in [0.25, 0.3) is 0 Å². The predicted molar refractivity (Wildman–Crippen MR) is 68.6 cm³/mol. The Morgan fingerprint density at radius 2 is 2.06 bits per heavy atom. The molecule has 1 atom stereocenters. The number of rotatable bonds is 3. The first kappa shape index (κ1) is 12.1. The highest BCUT2D eigenvalue weighted by molar-refractivity contribution is 5.76. The van der Waals surface area contributed by atoms with Crippen LogP contribution in [0.5, 0.6) is 0 Å². The van der Waals surface area contributed by atoms with Gasteiger partial charge in [-0.3, -0.25) is 9.69 Å². The second-order valence-electron chi connectivity index (χ2n) is 5.59. The van der Waals surface area contributed by atoms with Crippen molar-refractivity contribution in [1.82, 2.24) is 4.90 Å². The third kappa shape index (κ3) is 2.67. The van der Waals surface area contributed by atoms with Crippen LogP contribution in [0.15, 0.2) is 30.3 Å². The van der Waals surface area contributed by atoms with Crippen molar-refractivity contribution in [3.05, 3.63) is 35.9 Å². The maximum atomic E-state index is 11.0. The van der Waals surface area contributed by atoms with Crippen LogP contribution in [-0.4, -0.2) is 30.4 Å². The molecule has 1 heterocycles. The monoisotopic (exact) mass is 232 g/mol. The topological polar surface area (TPSA) is 46.3 Å². The van der Waals surface area contributed by atoms with Crippen molar-refractivity contribution in [2.75, 3.05) is 19.6 Å². The summed E-state index contributed by atoms with van der Waals surface area (Å²) in [5.41, 5.74) is 6.81. The van der Waals surface area contributed by atoms with E-state index in [4.69, 9.17) is 5.73 Å². The third-order valence-corrected chi connectivity index (χ3v) is 3.60. The van der Waals surface area contributed by atoms with Gasteiger partial charge in [0.25, 0.3) is 0 Å². The zero-order valence-corrected chi connectivity index (χ0v) is 10.5. The largest absolute Gasteiger partial charge is 0.369 e. The van der Waals surface area contributed by atoms with E-state index < -0.39 is 0 Å². The summed E-state index contributed by atoms with van der Waals surface area (Å²) in [6.45, 7) is 6.72. The van der Waals surface area contributed by atoms with E-state index in [1.54, 1.807) is 0 Å². The molecule has 92 valence electrons. The average Bonchev–Trinajstić information content (AvgIpc) is 2.53. The van der Waals surface area contributed by atoms with Crippen molar-refractivity contribution in [1.29, 1.82) is 0 Å². The third-order valence-electron chi connectivity index (χ3n) is 3.60. The maximum absolute atomic E-state index is 11.0. The number of hydrogen-bond donors (Lipinski definition) is 1. The number of likely N-dealkylation sites (tertiary alicyclic amines) is 1. The number of hydrogen-bond acceptors (Lipinski definition) is 2. The lowest BCUT2D eigenvalue weighted by Crippen LogP contribution is -2.33. The predicted octanol–water partition coefficient (Wildman–Crippen LogP) is 1.60. The van der Waals surface area contributed by atoms with Crippen LogP contribution in [0.2, 0.25) is 0 Å². The molecule has 0 unspecified atom stereocenters. The van der Waals surface area contributed by atoms with Gasteiger partial charge in [0.2, 0.25) is 5.91 Å². The minimum Gasteiger partial charge on any atom is -0.369 e. The van der Waals surface area contributed by atoms with E-state index in [0.29, 0.717) is 12.5 Å². The summed E-state index contributed by atoms with van der Waals surface area (Å²) >= 11 is 0. The molecule has 2 rings (SSSR count). The van der Waals surface area contributed by atoms with Crippen molar-refractivity contribution in [3.63, 3.8) is 0 Å². The van der Waals surface area contributed by atoms with Crippen LogP contribution in [0, 0.1) is 5.41 Å².